The smallest absolute Gasteiger partial charge is 0.307 e. The maximum absolute atomic E-state index is 10.8. The molecule has 0 saturated heterocycles. The van der Waals surface area contributed by atoms with Crippen LogP contribution >= 0.6 is 11.3 Å². The number of aromatic nitrogens is 4. The van der Waals surface area contributed by atoms with Gasteiger partial charge in [0.2, 0.25) is 17.0 Å². The molecule has 4 rings (SSSR count). The Morgan fingerprint density at radius 1 is 1.19 bits per heavy atom. The van der Waals surface area contributed by atoms with Gasteiger partial charge in [-0.15, -0.1) is 5.10 Å². The Labute approximate surface area is 151 Å². The summed E-state index contributed by atoms with van der Waals surface area (Å²) in [6, 6.07) is 14.9. The number of hydrogen-bond acceptors (Lipinski definition) is 7. The van der Waals surface area contributed by atoms with E-state index in [9.17, 15) is 4.79 Å². The number of nitrogens with two attached hydrogens (primary N) is 1. The van der Waals surface area contributed by atoms with Gasteiger partial charge in [0.25, 0.3) is 0 Å². The molecule has 0 unspecified atom stereocenters. The lowest BCUT2D eigenvalue weighted by molar-refractivity contribution is -0.136. The first kappa shape index (κ1) is 16.0. The molecule has 9 heteroatoms. The van der Waals surface area contributed by atoms with E-state index in [2.05, 4.69) is 20.4 Å². The minimum absolute atomic E-state index is 0.0504. The highest BCUT2D eigenvalue weighted by Crippen LogP contribution is 2.26. The molecule has 0 aliphatic heterocycles. The van der Waals surface area contributed by atoms with Crippen molar-refractivity contribution in [1.29, 1.82) is 0 Å². The van der Waals surface area contributed by atoms with Gasteiger partial charge in [-0.25, -0.2) is 4.98 Å². The van der Waals surface area contributed by atoms with Crippen LogP contribution in [-0.4, -0.2) is 30.8 Å². The Morgan fingerprint density at radius 2 is 2.04 bits per heavy atom. The molecule has 26 heavy (non-hydrogen) atoms. The second-order valence-electron chi connectivity index (χ2n) is 5.57. The lowest BCUT2D eigenvalue weighted by Gasteiger charge is -2.03. The Kier molecular flexibility index (Phi) is 3.98. The highest BCUT2D eigenvalue weighted by atomic mass is 32.1. The number of thiazole rings is 1. The third-order valence-electron chi connectivity index (χ3n) is 3.63. The molecule has 4 aromatic rings. The molecule has 0 atom stereocenters. The third-order valence-corrected chi connectivity index (χ3v) is 4.65. The number of rotatable bonds is 5. The predicted octanol–water partition coefficient (Wildman–Crippen LogP) is 2.83. The molecule has 0 spiro atoms. The van der Waals surface area contributed by atoms with Gasteiger partial charge in [-0.05, 0) is 29.8 Å². The molecule has 0 aliphatic rings. The van der Waals surface area contributed by atoms with Crippen LogP contribution in [0.15, 0.2) is 48.5 Å². The monoisotopic (exact) mass is 366 g/mol. The van der Waals surface area contributed by atoms with Crippen molar-refractivity contribution >= 4 is 45.1 Å². The molecule has 0 amide bonds. The minimum atomic E-state index is -0.885. The third kappa shape index (κ3) is 3.20. The topological polar surface area (TPSA) is 119 Å². The van der Waals surface area contributed by atoms with Crippen LogP contribution in [0.1, 0.15) is 5.56 Å². The standard InChI is InChI=1S/C17H14N6O2S/c18-15-21-16(19-11-5-3-4-10(8-11)9-14(24)25)22-23(15)17-20-12-6-1-2-7-13(12)26-17/h1-8H,9H2,(H,24,25)(H3,18,19,21,22). The second-order valence-corrected chi connectivity index (χ2v) is 6.57. The number of aliphatic carboxylic acids is 1. The second kappa shape index (κ2) is 6.45. The van der Waals surface area contributed by atoms with Crippen molar-refractivity contribution in [2.75, 3.05) is 11.1 Å². The van der Waals surface area contributed by atoms with Gasteiger partial charge in [-0.1, -0.05) is 35.6 Å². The molecule has 2 aromatic carbocycles. The van der Waals surface area contributed by atoms with E-state index in [1.807, 2.05) is 24.3 Å². The molecule has 0 bridgehead atoms. The van der Waals surface area contributed by atoms with Gasteiger partial charge in [0, 0.05) is 5.69 Å². The number of hydrogen-bond donors (Lipinski definition) is 3. The van der Waals surface area contributed by atoms with Gasteiger partial charge < -0.3 is 16.2 Å². The molecule has 130 valence electrons. The Bertz CT molecular complexity index is 1070. The van der Waals surface area contributed by atoms with Gasteiger partial charge in [-0.3, -0.25) is 4.79 Å². The van der Waals surface area contributed by atoms with Gasteiger partial charge in [0.15, 0.2) is 0 Å². The maximum atomic E-state index is 10.8. The summed E-state index contributed by atoms with van der Waals surface area (Å²) in [6.45, 7) is 0. The molecule has 8 nitrogen and oxygen atoms in total. The highest BCUT2D eigenvalue weighted by molar-refractivity contribution is 7.20. The SMILES string of the molecule is Nc1nc(Nc2cccc(CC(=O)O)c2)nn1-c1nc2ccccc2s1. The average Bonchev–Trinajstić information content (AvgIpc) is 3.17. The number of anilines is 3. The van der Waals surface area contributed by atoms with Crippen molar-refractivity contribution in [3.63, 3.8) is 0 Å². The van der Waals surface area contributed by atoms with E-state index in [0.29, 0.717) is 22.3 Å². The number of fused-ring (bicyclic) bond motifs is 1. The van der Waals surface area contributed by atoms with E-state index in [1.165, 1.54) is 16.0 Å². The maximum Gasteiger partial charge on any atom is 0.307 e. The number of carboxylic acids is 1. The molecule has 0 radical (unpaired) electrons. The van der Waals surface area contributed by atoms with Gasteiger partial charge in [0.05, 0.1) is 16.6 Å². The number of carbonyl (C=O) groups is 1. The summed E-state index contributed by atoms with van der Waals surface area (Å²) >= 11 is 1.47. The number of carboxylic acid groups (broad SMARTS) is 1. The van der Waals surface area contributed by atoms with Crippen LogP contribution in [0, 0.1) is 0 Å². The normalized spacial score (nSPS) is 10.9. The summed E-state index contributed by atoms with van der Waals surface area (Å²) in [4.78, 5) is 19.6. The van der Waals surface area contributed by atoms with Gasteiger partial charge in [0.1, 0.15) is 0 Å². The van der Waals surface area contributed by atoms with Gasteiger partial charge in [-0.2, -0.15) is 9.67 Å². The van der Waals surface area contributed by atoms with Crippen LogP contribution in [0.25, 0.3) is 15.3 Å². The first-order valence-electron chi connectivity index (χ1n) is 7.75. The number of benzene rings is 2. The van der Waals surface area contributed by atoms with Crippen molar-refractivity contribution in [2.45, 2.75) is 6.42 Å². The molecule has 0 saturated carbocycles. The fourth-order valence-electron chi connectivity index (χ4n) is 2.53. The number of para-hydroxylation sites is 1. The predicted molar refractivity (Wildman–Crippen MR) is 100 cm³/mol. The van der Waals surface area contributed by atoms with E-state index in [0.717, 1.165) is 10.2 Å². The van der Waals surface area contributed by atoms with E-state index < -0.39 is 5.97 Å². The minimum Gasteiger partial charge on any atom is -0.481 e. The summed E-state index contributed by atoms with van der Waals surface area (Å²) in [5.41, 5.74) is 8.22. The molecule has 0 aliphatic carbocycles. The fraction of sp³-hybridized carbons (Fsp3) is 0.0588. The zero-order valence-corrected chi connectivity index (χ0v) is 14.3. The average molecular weight is 366 g/mol. The molecule has 2 heterocycles. The zero-order valence-electron chi connectivity index (χ0n) is 13.5. The Balaban J connectivity index is 1.61. The van der Waals surface area contributed by atoms with Crippen LogP contribution < -0.4 is 11.1 Å². The molecular weight excluding hydrogens is 352 g/mol. The number of nitrogens with one attached hydrogen (secondary N) is 1. The van der Waals surface area contributed by atoms with E-state index in [-0.39, 0.29) is 12.4 Å². The highest BCUT2D eigenvalue weighted by Gasteiger charge is 2.13. The molecule has 2 aromatic heterocycles. The van der Waals surface area contributed by atoms with E-state index in [4.69, 9.17) is 10.8 Å². The summed E-state index contributed by atoms with van der Waals surface area (Å²) < 4.78 is 2.52. The van der Waals surface area contributed by atoms with Gasteiger partial charge >= 0.3 is 5.97 Å². The van der Waals surface area contributed by atoms with Crippen LogP contribution in [0.5, 0.6) is 0 Å². The summed E-state index contributed by atoms with van der Waals surface area (Å²) in [6.07, 6.45) is -0.0504. The lowest BCUT2D eigenvalue weighted by Crippen LogP contribution is -2.02. The first-order valence-corrected chi connectivity index (χ1v) is 8.56. The number of nitrogens with zero attached hydrogens (tertiary/aromatic N) is 4. The number of nitrogen functional groups attached to an aromatic ring is 1. The van der Waals surface area contributed by atoms with Crippen LogP contribution in [0.4, 0.5) is 17.6 Å². The summed E-state index contributed by atoms with van der Waals surface area (Å²) in [7, 11) is 0. The fourth-order valence-corrected chi connectivity index (χ4v) is 3.46. The zero-order chi connectivity index (χ0) is 18.1. The van der Waals surface area contributed by atoms with Crippen molar-refractivity contribution in [2.24, 2.45) is 0 Å². The van der Waals surface area contributed by atoms with E-state index >= 15 is 0 Å². The van der Waals surface area contributed by atoms with Crippen LogP contribution in [0.3, 0.4) is 0 Å². The summed E-state index contributed by atoms with van der Waals surface area (Å²) in [5, 5.41) is 16.9. The van der Waals surface area contributed by atoms with Crippen molar-refractivity contribution in [1.82, 2.24) is 19.7 Å². The van der Waals surface area contributed by atoms with Crippen LogP contribution in [0.2, 0.25) is 0 Å². The summed E-state index contributed by atoms with van der Waals surface area (Å²) in [5.74, 6) is -0.355. The van der Waals surface area contributed by atoms with Crippen molar-refractivity contribution in [3.8, 4) is 5.13 Å². The van der Waals surface area contributed by atoms with Crippen molar-refractivity contribution < 1.29 is 9.90 Å². The molecule has 0 fully saturated rings. The first-order chi connectivity index (χ1) is 12.6. The quantitative estimate of drug-likeness (QED) is 0.497. The van der Waals surface area contributed by atoms with Crippen LogP contribution in [-0.2, 0) is 11.2 Å². The largest absolute Gasteiger partial charge is 0.481 e. The molecule has 4 N–H and O–H groups in total. The Morgan fingerprint density at radius 3 is 2.85 bits per heavy atom. The van der Waals surface area contributed by atoms with E-state index in [1.54, 1.807) is 24.3 Å². The lowest BCUT2D eigenvalue weighted by atomic mass is 10.1. The van der Waals surface area contributed by atoms with Crippen molar-refractivity contribution in [3.05, 3.63) is 54.1 Å². The molecular formula is C17H14N6O2S. The Hall–Kier alpha value is -3.46.